The van der Waals surface area contributed by atoms with Gasteiger partial charge in [0.05, 0.1) is 6.61 Å². The maximum atomic E-state index is 13.4. The van der Waals surface area contributed by atoms with Gasteiger partial charge >= 0.3 is 0 Å². The molecule has 0 radical (unpaired) electrons. The molecule has 2 aromatic rings. The van der Waals surface area contributed by atoms with E-state index in [2.05, 4.69) is 5.32 Å². The highest BCUT2D eigenvalue weighted by Gasteiger charge is 2.07. The molecular weight excluding hydrogens is 269 g/mol. The highest BCUT2D eigenvalue weighted by atomic mass is 19.1. The van der Waals surface area contributed by atoms with Gasteiger partial charge in [-0.1, -0.05) is 26.0 Å². The Morgan fingerprint density at radius 3 is 2.48 bits per heavy atom. The molecule has 0 bridgehead atoms. The van der Waals surface area contributed by atoms with Gasteiger partial charge in [0.15, 0.2) is 0 Å². The molecule has 0 heterocycles. The van der Waals surface area contributed by atoms with Gasteiger partial charge in [-0.15, -0.1) is 0 Å². The van der Waals surface area contributed by atoms with E-state index < -0.39 is 0 Å². The van der Waals surface area contributed by atoms with E-state index in [4.69, 9.17) is 9.84 Å². The predicted octanol–water partition coefficient (Wildman–Crippen LogP) is 3.61. The van der Waals surface area contributed by atoms with E-state index in [1.165, 1.54) is 12.1 Å². The first-order valence-corrected chi connectivity index (χ1v) is 6.98. The van der Waals surface area contributed by atoms with Gasteiger partial charge in [0.25, 0.3) is 0 Å². The number of halogens is 1. The Balaban J connectivity index is 2.17. The molecule has 0 saturated carbocycles. The minimum Gasteiger partial charge on any atom is -0.457 e. The molecule has 4 heteroatoms. The summed E-state index contributed by atoms with van der Waals surface area (Å²) >= 11 is 0. The fourth-order valence-electron chi connectivity index (χ4n) is 1.89. The second-order valence-corrected chi connectivity index (χ2v) is 5.19. The van der Waals surface area contributed by atoms with E-state index in [-0.39, 0.29) is 12.4 Å². The smallest absolute Gasteiger partial charge is 0.132 e. The van der Waals surface area contributed by atoms with Gasteiger partial charge in [-0.05, 0) is 35.9 Å². The Bertz CT molecular complexity index is 582. The molecule has 3 nitrogen and oxygen atoms in total. The quantitative estimate of drug-likeness (QED) is 0.853. The second-order valence-electron chi connectivity index (χ2n) is 5.19. The number of ether oxygens (including phenoxy) is 1. The number of benzene rings is 2. The zero-order valence-corrected chi connectivity index (χ0v) is 12.3. The molecular formula is C17H20FNO2. The van der Waals surface area contributed by atoms with E-state index >= 15 is 0 Å². The predicted molar refractivity (Wildman–Crippen MR) is 80.8 cm³/mol. The van der Waals surface area contributed by atoms with E-state index in [0.717, 1.165) is 11.1 Å². The highest BCUT2D eigenvalue weighted by Crippen LogP contribution is 2.26. The molecule has 112 valence electrons. The Hall–Kier alpha value is -1.91. The van der Waals surface area contributed by atoms with Crippen molar-refractivity contribution in [3.63, 3.8) is 0 Å². The van der Waals surface area contributed by atoms with Crippen LogP contribution in [0.3, 0.4) is 0 Å². The summed E-state index contributed by atoms with van der Waals surface area (Å²) in [5.74, 6) is 1.00. The van der Waals surface area contributed by atoms with Crippen LogP contribution in [0.4, 0.5) is 4.39 Å². The highest BCUT2D eigenvalue weighted by molar-refractivity contribution is 5.39. The first-order valence-electron chi connectivity index (χ1n) is 6.98. The van der Waals surface area contributed by atoms with Crippen LogP contribution in [0.1, 0.15) is 25.0 Å². The summed E-state index contributed by atoms with van der Waals surface area (Å²) in [5.41, 5.74) is 1.60. The van der Waals surface area contributed by atoms with E-state index in [0.29, 0.717) is 24.1 Å². The van der Waals surface area contributed by atoms with Gasteiger partial charge in [0.2, 0.25) is 0 Å². The van der Waals surface area contributed by atoms with Crippen LogP contribution in [0.15, 0.2) is 42.5 Å². The summed E-state index contributed by atoms with van der Waals surface area (Å²) in [6.07, 6.45) is 0. The maximum Gasteiger partial charge on any atom is 0.132 e. The van der Waals surface area contributed by atoms with E-state index in [1.54, 1.807) is 30.3 Å². The minimum absolute atomic E-state index is 0.000384. The summed E-state index contributed by atoms with van der Waals surface area (Å²) in [4.78, 5) is 0. The molecule has 0 fully saturated rings. The van der Waals surface area contributed by atoms with Crippen molar-refractivity contribution in [2.75, 3.05) is 0 Å². The molecule has 2 N–H and O–H groups in total. The zero-order chi connectivity index (χ0) is 15.2. The fraction of sp³-hybridized carbons (Fsp3) is 0.294. The summed E-state index contributed by atoms with van der Waals surface area (Å²) in [6.45, 7) is 4.61. The van der Waals surface area contributed by atoms with Crippen LogP contribution in [-0.4, -0.2) is 11.1 Å². The maximum absolute atomic E-state index is 13.4. The molecule has 2 aromatic carbocycles. The van der Waals surface area contributed by atoms with Crippen LogP contribution in [0.2, 0.25) is 0 Å². The molecule has 0 aliphatic carbocycles. The Labute approximate surface area is 124 Å². The third kappa shape index (κ3) is 4.55. The molecule has 0 atom stereocenters. The van der Waals surface area contributed by atoms with Crippen molar-refractivity contribution in [3.8, 4) is 11.5 Å². The molecule has 0 aliphatic heterocycles. The summed E-state index contributed by atoms with van der Waals surface area (Å²) in [5, 5.41) is 12.3. The number of aliphatic hydroxyl groups excluding tert-OH is 1. The average molecular weight is 289 g/mol. The molecule has 0 saturated heterocycles. The van der Waals surface area contributed by atoms with Crippen LogP contribution >= 0.6 is 0 Å². The molecule has 21 heavy (non-hydrogen) atoms. The largest absolute Gasteiger partial charge is 0.457 e. The van der Waals surface area contributed by atoms with E-state index in [9.17, 15) is 4.39 Å². The Kier molecular flexibility index (Phi) is 5.31. The number of aliphatic hydroxyl groups is 1. The SMILES string of the molecule is CC(C)NCc1cc(F)ccc1Oc1ccc(CO)cc1. The third-order valence-electron chi connectivity index (χ3n) is 3.06. The van der Waals surface area contributed by atoms with Crippen molar-refractivity contribution >= 4 is 0 Å². The Morgan fingerprint density at radius 1 is 1.14 bits per heavy atom. The lowest BCUT2D eigenvalue weighted by molar-refractivity contribution is 0.281. The summed E-state index contributed by atoms with van der Waals surface area (Å²) in [6, 6.07) is 12.0. The van der Waals surface area contributed by atoms with Crippen molar-refractivity contribution in [2.45, 2.75) is 33.0 Å². The van der Waals surface area contributed by atoms with Crippen LogP contribution in [-0.2, 0) is 13.2 Å². The molecule has 2 rings (SSSR count). The minimum atomic E-state index is -0.279. The number of hydrogen-bond donors (Lipinski definition) is 2. The van der Waals surface area contributed by atoms with Crippen molar-refractivity contribution in [1.82, 2.24) is 5.32 Å². The van der Waals surface area contributed by atoms with Gasteiger partial charge in [0, 0.05) is 18.2 Å². The summed E-state index contributed by atoms with van der Waals surface area (Å²) < 4.78 is 19.2. The Morgan fingerprint density at radius 2 is 1.86 bits per heavy atom. The lowest BCUT2D eigenvalue weighted by Gasteiger charge is -2.14. The van der Waals surface area contributed by atoms with Crippen LogP contribution in [0.25, 0.3) is 0 Å². The lowest BCUT2D eigenvalue weighted by Crippen LogP contribution is -2.22. The average Bonchev–Trinajstić information content (AvgIpc) is 2.48. The fourth-order valence-corrected chi connectivity index (χ4v) is 1.89. The molecule has 0 aliphatic rings. The monoisotopic (exact) mass is 289 g/mol. The first kappa shape index (κ1) is 15.5. The van der Waals surface area contributed by atoms with Crippen LogP contribution < -0.4 is 10.1 Å². The van der Waals surface area contributed by atoms with Crippen molar-refractivity contribution in [1.29, 1.82) is 0 Å². The van der Waals surface area contributed by atoms with Crippen molar-refractivity contribution in [3.05, 3.63) is 59.4 Å². The van der Waals surface area contributed by atoms with Gasteiger partial charge < -0.3 is 15.2 Å². The number of rotatable bonds is 6. The lowest BCUT2D eigenvalue weighted by atomic mass is 10.1. The van der Waals surface area contributed by atoms with Crippen LogP contribution in [0.5, 0.6) is 11.5 Å². The first-order chi connectivity index (χ1) is 10.1. The summed E-state index contributed by atoms with van der Waals surface area (Å²) in [7, 11) is 0. The normalized spacial score (nSPS) is 10.9. The third-order valence-corrected chi connectivity index (χ3v) is 3.06. The zero-order valence-electron chi connectivity index (χ0n) is 12.3. The van der Waals surface area contributed by atoms with Gasteiger partial charge in [-0.3, -0.25) is 0 Å². The number of nitrogens with one attached hydrogen (secondary N) is 1. The van der Waals surface area contributed by atoms with Crippen LogP contribution in [0, 0.1) is 5.82 Å². The molecule has 0 aromatic heterocycles. The molecule has 0 amide bonds. The second kappa shape index (κ2) is 7.20. The van der Waals surface area contributed by atoms with Gasteiger partial charge in [-0.2, -0.15) is 0 Å². The standard InChI is InChI=1S/C17H20FNO2/c1-12(2)19-10-14-9-15(18)5-8-17(14)21-16-6-3-13(11-20)4-7-16/h3-9,12,19-20H,10-11H2,1-2H3. The van der Waals surface area contributed by atoms with Crippen molar-refractivity contribution < 1.29 is 14.2 Å². The van der Waals surface area contributed by atoms with E-state index in [1.807, 2.05) is 13.8 Å². The van der Waals surface area contributed by atoms with Gasteiger partial charge in [0.1, 0.15) is 17.3 Å². The topological polar surface area (TPSA) is 41.5 Å². The number of hydrogen-bond acceptors (Lipinski definition) is 3. The molecule has 0 spiro atoms. The van der Waals surface area contributed by atoms with Gasteiger partial charge in [-0.25, -0.2) is 4.39 Å². The molecule has 0 unspecified atom stereocenters. The van der Waals surface area contributed by atoms with Crippen molar-refractivity contribution in [2.24, 2.45) is 0 Å².